The van der Waals surface area contributed by atoms with Gasteiger partial charge in [0.15, 0.2) is 5.82 Å². The van der Waals surface area contributed by atoms with Crippen molar-refractivity contribution in [3.8, 4) is 0 Å². The topological polar surface area (TPSA) is 68.5 Å². The zero-order chi connectivity index (χ0) is 13.0. The van der Waals surface area contributed by atoms with Crippen molar-refractivity contribution in [3.63, 3.8) is 0 Å². The largest absolute Gasteiger partial charge is 0.310 e. The number of aromatic nitrogens is 5. The van der Waals surface area contributed by atoms with Crippen LogP contribution in [-0.4, -0.2) is 31.7 Å². The molecular formula is C12H18N6. The van der Waals surface area contributed by atoms with Crippen LogP contribution in [0.3, 0.4) is 0 Å². The Balaban J connectivity index is 2.14. The maximum Gasteiger partial charge on any atom is 0.176 e. The maximum absolute atomic E-state index is 4.33. The van der Waals surface area contributed by atoms with Gasteiger partial charge in [0.25, 0.3) is 0 Å². The highest BCUT2D eigenvalue weighted by atomic mass is 15.6. The number of nitrogens with one attached hydrogen (secondary N) is 1. The normalized spacial score (nSPS) is 12.6. The van der Waals surface area contributed by atoms with Crippen LogP contribution >= 0.6 is 0 Å². The number of hydrogen-bond acceptors (Lipinski definition) is 5. The first-order valence-corrected chi connectivity index (χ1v) is 6.08. The zero-order valence-electron chi connectivity index (χ0n) is 11.0. The molecule has 2 rings (SSSR count). The Morgan fingerprint density at radius 2 is 2.22 bits per heavy atom. The molecule has 18 heavy (non-hydrogen) atoms. The molecule has 0 saturated carbocycles. The summed E-state index contributed by atoms with van der Waals surface area (Å²) in [6, 6.07) is 4.28. The van der Waals surface area contributed by atoms with Gasteiger partial charge in [0.2, 0.25) is 0 Å². The minimum atomic E-state index is 0.173. The van der Waals surface area contributed by atoms with Crippen molar-refractivity contribution < 1.29 is 0 Å². The van der Waals surface area contributed by atoms with Crippen LogP contribution in [0.2, 0.25) is 0 Å². The third-order valence-corrected chi connectivity index (χ3v) is 2.72. The monoisotopic (exact) mass is 246 g/mol. The van der Waals surface area contributed by atoms with E-state index in [0.29, 0.717) is 6.42 Å². The van der Waals surface area contributed by atoms with Gasteiger partial charge in [-0.15, -0.1) is 10.2 Å². The molecule has 2 aromatic heterocycles. The molecule has 0 aliphatic heterocycles. The Morgan fingerprint density at radius 1 is 1.39 bits per heavy atom. The lowest BCUT2D eigenvalue weighted by molar-refractivity contribution is 0.533. The Bertz CT molecular complexity index is 490. The fourth-order valence-corrected chi connectivity index (χ4v) is 1.83. The molecule has 1 unspecified atom stereocenters. The SMILES string of the molecule is CCNC(Cc1nnn(C)n1)c1ccc(C)nc1. The molecule has 0 aromatic carbocycles. The summed E-state index contributed by atoms with van der Waals surface area (Å²) in [5.41, 5.74) is 2.17. The van der Waals surface area contributed by atoms with E-state index in [1.54, 1.807) is 7.05 Å². The van der Waals surface area contributed by atoms with Crippen molar-refractivity contribution in [2.45, 2.75) is 26.3 Å². The van der Waals surface area contributed by atoms with Gasteiger partial charge < -0.3 is 5.32 Å². The van der Waals surface area contributed by atoms with E-state index in [-0.39, 0.29) is 6.04 Å². The molecule has 6 heteroatoms. The average Bonchev–Trinajstić information content (AvgIpc) is 2.75. The van der Waals surface area contributed by atoms with E-state index < -0.39 is 0 Å². The summed E-state index contributed by atoms with van der Waals surface area (Å²) in [4.78, 5) is 5.81. The molecule has 0 amide bonds. The zero-order valence-corrected chi connectivity index (χ0v) is 11.0. The van der Waals surface area contributed by atoms with Crippen molar-refractivity contribution >= 4 is 0 Å². The first-order chi connectivity index (χ1) is 8.69. The molecule has 1 atom stereocenters. The molecule has 96 valence electrons. The van der Waals surface area contributed by atoms with Gasteiger partial charge in [-0.25, -0.2) is 0 Å². The predicted molar refractivity (Wildman–Crippen MR) is 67.9 cm³/mol. The minimum absolute atomic E-state index is 0.173. The third-order valence-electron chi connectivity index (χ3n) is 2.72. The van der Waals surface area contributed by atoms with E-state index in [2.05, 4.69) is 38.7 Å². The van der Waals surface area contributed by atoms with Gasteiger partial charge in [0, 0.05) is 24.4 Å². The van der Waals surface area contributed by atoms with Gasteiger partial charge in [0.05, 0.1) is 7.05 Å². The molecule has 0 saturated heterocycles. The minimum Gasteiger partial charge on any atom is -0.310 e. The number of pyridine rings is 1. The third kappa shape index (κ3) is 3.10. The summed E-state index contributed by atoms with van der Waals surface area (Å²) in [5.74, 6) is 0.740. The molecular weight excluding hydrogens is 228 g/mol. The van der Waals surface area contributed by atoms with E-state index in [1.165, 1.54) is 4.80 Å². The predicted octanol–water partition coefficient (Wildman–Crippen LogP) is 0.807. The molecule has 2 heterocycles. The fourth-order valence-electron chi connectivity index (χ4n) is 1.83. The summed E-state index contributed by atoms with van der Waals surface area (Å²) < 4.78 is 0. The van der Waals surface area contributed by atoms with E-state index in [4.69, 9.17) is 0 Å². The first kappa shape index (κ1) is 12.6. The molecule has 0 aliphatic carbocycles. The van der Waals surface area contributed by atoms with Crippen LogP contribution in [0.4, 0.5) is 0 Å². The Morgan fingerprint density at radius 3 is 2.78 bits per heavy atom. The standard InChI is InChI=1S/C12H18N6/c1-4-13-11(7-12-15-17-18(3)16-12)10-6-5-9(2)14-8-10/h5-6,8,11,13H,4,7H2,1-3H3. The van der Waals surface area contributed by atoms with Crippen molar-refractivity contribution in [2.24, 2.45) is 7.05 Å². The molecule has 0 spiro atoms. The fraction of sp³-hybridized carbons (Fsp3) is 0.500. The number of hydrogen-bond donors (Lipinski definition) is 1. The van der Waals surface area contributed by atoms with Crippen molar-refractivity contribution in [1.82, 2.24) is 30.5 Å². The van der Waals surface area contributed by atoms with Crippen LogP contribution in [0.1, 0.15) is 30.0 Å². The van der Waals surface area contributed by atoms with Crippen LogP contribution in [-0.2, 0) is 13.5 Å². The lowest BCUT2D eigenvalue weighted by Crippen LogP contribution is -2.23. The lowest BCUT2D eigenvalue weighted by atomic mass is 10.1. The van der Waals surface area contributed by atoms with Gasteiger partial charge in [-0.2, -0.15) is 4.80 Å². The molecule has 6 nitrogen and oxygen atoms in total. The van der Waals surface area contributed by atoms with Crippen LogP contribution in [0, 0.1) is 6.92 Å². The summed E-state index contributed by atoms with van der Waals surface area (Å²) in [6.07, 6.45) is 2.62. The van der Waals surface area contributed by atoms with Crippen LogP contribution in [0.15, 0.2) is 18.3 Å². The van der Waals surface area contributed by atoms with Crippen molar-refractivity contribution in [3.05, 3.63) is 35.4 Å². The number of aryl methyl sites for hydroxylation is 2. The average molecular weight is 246 g/mol. The number of tetrazole rings is 1. The van der Waals surface area contributed by atoms with Gasteiger partial charge >= 0.3 is 0 Å². The van der Waals surface area contributed by atoms with Gasteiger partial charge in [-0.1, -0.05) is 13.0 Å². The quantitative estimate of drug-likeness (QED) is 0.845. The highest BCUT2D eigenvalue weighted by Crippen LogP contribution is 2.15. The van der Waals surface area contributed by atoms with E-state index in [1.807, 2.05) is 19.2 Å². The van der Waals surface area contributed by atoms with Gasteiger partial charge in [-0.3, -0.25) is 4.98 Å². The second-order valence-corrected chi connectivity index (χ2v) is 4.24. The van der Waals surface area contributed by atoms with Crippen molar-refractivity contribution in [2.75, 3.05) is 6.54 Å². The number of nitrogens with zero attached hydrogens (tertiary/aromatic N) is 5. The van der Waals surface area contributed by atoms with E-state index >= 15 is 0 Å². The van der Waals surface area contributed by atoms with E-state index in [0.717, 1.165) is 23.6 Å². The highest BCUT2D eigenvalue weighted by molar-refractivity contribution is 5.18. The molecule has 0 fully saturated rings. The number of likely N-dealkylation sites (N-methyl/N-ethyl adjacent to an activating group) is 1. The van der Waals surface area contributed by atoms with Crippen molar-refractivity contribution in [1.29, 1.82) is 0 Å². The molecule has 0 aliphatic rings. The van der Waals surface area contributed by atoms with Gasteiger partial charge in [-0.05, 0) is 30.3 Å². The summed E-state index contributed by atoms with van der Waals surface area (Å²) in [5, 5.41) is 15.5. The number of rotatable bonds is 5. The smallest absolute Gasteiger partial charge is 0.176 e. The summed E-state index contributed by atoms with van der Waals surface area (Å²) >= 11 is 0. The molecule has 0 bridgehead atoms. The summed E-state index contributed by atoms with van der Waals surface area (Å²) in [6.45, 7) is 4.95. The maximum atomic E-state index is 4.33. The Hall–Kier alpha value is -1.82. The summed E-state index contributed by atoms with van der Waals surface area (Å²) in [7, 11) is 1.77. The second-order valence-electron chi connectivity index (χ2n) is 4.24. The lowest BCUT2D eigenvalue weighted by Gasteiger charge is -2.16. The van der Waals surface area contributed by atoms with Crippen LogP contribution in [0.5, 0.6) is 0 Å². The van der Waals surface area contributed by atoms with E-state index in [9.17, 15) is 0 Å². The van der Waals surface area contributed by atoms with Crippen LogP contribution in [0.25, 0.3) is 0 Å². The Labute approximate surface area is 106 Å². The van der Waals surface area contributed by atoms with Crippen LogP contribution < -0.4 is 5.32 Å². The molecule has 0 radical (unpaired) electrons. The molecule has 1 N–H and O–H groups in total. The first-order valence-electron chi connectivity index (χ1n) is 6.08. The second kappa shape index (κ2) is 5.68. The highest BCUT2D eigenvalue weighted by Gasteiger charge is 2.14. The van der Waals surface area contributed by atoms with Gasteiger partial charge in [0.1, 0.15) is 0 Å². The Kier molecular flexibility index (Phi) is 3.99. The molecule has 2 aromatic rings.